The van der Waals surface area contributed by atoms with Gasteiger partial charge in [0, 0.05) is 19.0 Å². The molecule has 6 heteroatoms. The molecule has 0 aliphatic rings. The lowest BCUT2D eigenvalue weighted by Gasteiger charge is -2.15. The lowest BCUT2D eigenvalue weighted by atomic mass is 10.0. The number of nitrogens with one attached hydrogen (secondary N) is 2. The minimum atomic E-state index is -0.190. The van der Waals surface area contributed by atoms with Crippen molar-refractivity contribution in [3.8, 4) is 0 Å². The maximum atomic E-state index is 12.0. The summed E-state index contributed by atoms with van der Waals surface area (Å²) in [5.74, 6) is 1.13. The Kier molecular flexibility index (Phi) is 5.28. The molecule has 3 rings (SSSR count). The first-order chi connectivity index (χ1) is 12.1. The topological polar surface area (TPSA) is 80.0 Å². The summed E-state index contributed by atoms with van der Waals surface area (Å²) in [5.41, 5.74) is 1.20. The van der Waals surface area contributed by atoms with Crippen molar-refractivity contribution in [2.75, 3.05) is 6.54 Å². The summed E-state index contributed by atoms with van der Waals surface area (Å²) in [4.78, 5) is 16.1. The van der Waals surface area contributed by atoms with Crippen LogP contribution in [-0.2, 0) is 12.8 Å². The van der Waals surface area contributed by atoms with Crippen LogP contribution in [0.4, 0.5) is 4.79 Å². The first-order valence-electron chi connectivity index (χ1n) is 8.41. The minimum absolute atomic E-state index is 0.0341. The minimum Gasteiger partial charge on any atom is -0.339 e. The smallest absolute Gasteiger partial charge is 0.315 e. The summed E-state index contributed by atoms with van der Waals surface area (Å²) in [6, 6.07) is 14.5. The molecule has 25 heavy (non-hydrogen) atoms. The quantitative estimate of drug-likeness (QED) is 0.724. The number of nitrogens with zero attached hydrogens (tertiary/aromatic N) is 2. The molecule has 2 N–H and O–H groups in total. The van der Waals surface area contributed by atoms with Crippen LogP contribution in [0.1, 0.15) is 24.2 Å². The third-order valence-electron chi connectivity index (χ3n) is 3.93. The highest BCUT2D eigenvalue weighted by Crippen LogP contribution is 2.16. The molecule has 0 fully saturated rings. The number of benzene rings is 2. The highest BCUT2D eigenvalue weighted by molar-refractivity contribution is 5.83. The average Bonchev–Trinajstić information content (AvgIpc) is 3.00. The number of aromatic nitrogens is 2. The monoisotopic (exact) mass is 338 g/mol. The van der Waals surface area contributed by atoms with Crippen LogP contribution >= 0.6 is 0 Å². The fraction of sp³-hybridized carbons (Fsp3) is 0.316. The molecule has 130 valence electrons. The van der Waals surface area contributed by atoms with E-state index in [-0.39, 0.29) is 12.1 Å². The van der Waals surface area contributed by atoms with Crippen molar-refractivity contribution in [2.45, 2.75) is 32.7 Å². The van der Waals surface area contributed by atoms with Crippen LogP contribution in [0.3, 0.4) is 0 Å². The molecule has 1 aromatic heterocycles. The molecular formula is C19H22N4O2. The molecule has 0 bridgehead atoms. The van der Waals surface area contributed by atoms with Crippen LogP contribution in [0.15, 0.2) is 47.0 Å². The molecule has 1 heterocycles. The molecule has 1 atom stereocenters. The van der Waals surface area contributed by atoms with Gasteiger partial charge in [-0.2, -0.15) is 4.98 Å². The van der Waals surface area contributed by atoms with Crippen LogP contribution in [0, 0.1) is 6.92 Å². The third-order valence-corrected chi connectivity index (χ3v) is 3.93. The van der Waals surface area contributed by atoms with Crippen LogP contribution in [0.25, 0.3) is 10.8 Å². The molecule has 0 saturated carbocycles. The van der Waals surface area contributed by atoms with E-state index in [1.54, 1.807) is 6.92 Å². The number of hydrogen-bond acceptors (Lipinski definition) is 4. The Morgan fingerprint density at radius 1 is 1.20 bits per heavy atom. The molecule has 3 aromatic rings. The summed E-state index contributed by atoms with van der Waals surface area (Å²) >= 11 is 0. The second kappa shape index (κ2) is 7.79. The Bertz CT molecular complexity index is 859. The van der Waals surface area contributed by atoms with Crippen LogP contribution in [0.5, 0.6) is 0 Å². The molecule has 0 spiro atoms. The molecule has 0 aliphatic heterocycles. The zero-order valence-corrected chi connectivity index (χ0v) is 14.5. The number of amides is 2. The van der Waals surface area contributed by atoms with Gasteiger partial charge in [0.1, 0.15) is 0 Å². The van der Waals surface area contributed by atoms with Crippen LogP contribution in [-0.4, -0.2) is 28.8 Å². The van der Waals surface area contributed by atoms with Crippen molar-refractivity contribution in [2.24, 2.45) is 0 Å². The van der Waals surface area contributed by atoms with Gasteiger partial charge in [-0.1, -0.05) is 47.6 Å². The van der Waals surface area contributed by atoms with E-state index in [0.29, 0.717) is 24.7 Å². The number of fused-ring (bicyclic) bond motifs is 1. The Morgan fingerprint density at radius 3 is 2.76 bits per heavy atom. The van der Waals surface area contributed by atoms with E-state index in [2.05, 4.69) is 51.1 Å². The summed E-state index contributed by atoms with van der Waals surface area (Å²) in [7, 11) is 0. The largest absolute Gasteiger partial charge is 0.339 e. The van der Waals surface area contributed by atoms with Crippen molar-refractivity contribution in [1.29, 1.82) is 0 Å². The molecule has 0 aliphatic carbocycles. The molecule has 6 nitrogen and oxygen atoms in total. The number of carbonyl (C=O) groups excluding carboxylic acids is 1. The van der Waals surface area contributed by atoms with Gasteiger partial charge in [-0.3, -0.25) is 0 Å². The Hall–Kier alpha value is -2.89. The lowest BCUT2D eigenvalue weighted by molar-refractivity contribution is 0.237. The number of urea groups is 1. The van der Waals surface area contributed by atoms with Crippen molar-refractivity contribution in [3.05, 3.63) is 59.7 Å². The highest BCUT2D eigenvalue weighted by atomic mass is 16.5. The standard InChI is InChI=1S/C19H22N4O2/c1-13(11-15-7-8-16-5-3-4-6-17(16)12-15)21-19(24)20-10-9-18-22-14(2)23-25-18/h3-8,12-13H,9-11H2,1-2H3,(H2,20,21,24)/t13-/m1/s1. The number of hydrogen-bond donors (Lipinski definition) is 2. The van der Waals surface area contributed by atoms with E-state index in [1.807, 2.05) is 19.1 Å². The number of carbonyl (C=O) groups is 1. The Morgan fingerprint density at radius 2 is 2.00 bits per heavy atom. The zero-order valence-electron chi connectivity index (χ0n) is 14.5. The van der Waals surface area contributed by atoms with Gasteiger partial charge in [0.05, 0.1) is 0 Å². The fourth-order valence-corrected chi connectivity index (χ4v) is 2.77. The first kappa shape index (κ1) is 17.0. The molecule has 2 aromatic carbocycles. The number of rotatable bonds is 6. The Labute approximate surface area is 146 Å². The SMILES string of the molecule is Cc1noc(CCNC(=O)N[C@H](C)Cc2ccc3ccccc3c2)n1. The van der Waals surface area contributed by atoms with Crippen molar-refractivity contribution in [3.63, 3.8) is 0 Å². The van der Waals surface area contributed by atoms with E-state index >= 15 is 0 Å². The molecule has 0 radical (unpaired) electrons. The summed E-state index contributed by atoms with van der Waals surface area (Å²) < 4.78 is 5.01. The second-order valence-electron chi connectivity index (χ2n) is 6.17. The molecule has 2 amide bonds. The van der Waals surface area contributed by atoms with E-state index in [4.69, 9.17) is 4.52 Å². The first-order valence-corrected chi connectivity index (χ1v) is 8.41. The summed E-state index contributed by atoms with van der Waals surface area (Å²) in [5, 5.41) is 11.9. The van der Waals surface area contributed by atoms with E-state index in [0.717, 1.165) is 6.42 Å². The van der Waals surface area contributed by atoms with Crippen molar-refractivity contribution in [1.82, 2.24) is 20.8 Å². The van der Waals surface area contributed by atoms with Gasteiger partial charge in [-0.15, -0.1) is 0 Å². The van der Waals surface area contributed by atoms with Gasteiger partial charge in [0.2, 0.25) is 5.89 Å². The maximum Gasteiger partial charge on any atom is 0.315 e. The Balaban J connectivity index is 1.45. The van der Waals surface area contributed by atoms with Crippen molar-refractivity contribution >= 4 is 16.8 Å². The maximum absolute atomic E-state index is 12.0. The van der Waals surface area contributed by atoms with Gasteiger partial charge in [-0.05, 0) is 36.6 Å². The predicted octanol–water partition coefficient (Wildman–Crippen LogP) is 3.00. The van der Waals surface area contributed by atoms with E-state index in [1.165, 1.54) is 16.3 Å². The zero-order chi connectivity index (χ0) is 17.6. The average molecular weight is 338 g/mol. The van der Waals surface area contributed by atoms with Gasteiger partial charge < -0.3 is 15.2 Å². The van der Waals surface area contributed by atoms with E-state index < -0.39 is 0 Å². The molecule has 0 saturated heterocycles. The predicted molar refractivity (Wildman–Crippen MR) is 96.4 cm³/mol. The van der Waals surface area contributed by atoms with Gasteiger partial charge in [0.15, 0.2) is 5.82 Å². The van der Waals surface area contributed by atoms with Gasteiger partial charge in [-0.25, -0.2) is 4.79 Å². The van der Waals surface area contributed by atoms with Crippen molar-refractivity contribution < 1.29 is 9.32 Å². The summed E-state index contributed by atoms with van der Waals surface area (Å²) in [6.07, 6.45) is 1.30. The van der Waals surface area contributed by atoms with Crippen LogP contribution < -0.4 is 10.6 Å². The highest BCUT2D eigenvalue weighted by Gasteiger charge is 2.09. The van der Waals surface area contributed by atoms with Gasteiger partial charge >= 0.3 is 6.03 Å². The number of aryl methyl sites for hydroxylation is 1. The lowest BCUT2D eigenvalue weighted by Crippen LogP contribution is -2.42. The normalized spacial score (nSPS) is 12.1. The second-order valence-corrected chi connectivity index (χ2v) is 6.17. The fourth-order valence-electron chi connectivity index (χ4n) is 2.77. The van der Waals surface area contributed by atoms with E-state index in [9.17, 15) is 4.79 Å². The van der Waals surface area contributed by atoms with Crippen LogP contribution in [0.2, 0.25) is 0 Å². The molecular weight excluding hydrogens is 316 g/mol. The molecule has 0 unspecified atom stereocenters. The van der Waals surface area contributed by atoms with Gasteiger partial charge in [0.25, 0.3) is 0 Å². The third kappa shape index (κ3) is 4.79. The summed E-state index contributed by atoms with van der Waals surface area (Å²) in [6.45, 7) is 4.22.